The quantitative estimate of drug-likeness (QED) is 0.161. The smallest absolute Gasteiger partial charge is 0.408 e. The minimum atomic E-state index is -1.21. The number of hydrogen-bond acceptors (Lipinski definition) is 6. The molecular formula is C38H43N3O6. The van der Waals surface area contributed by atoms with Crippen molar-refractivity contribution >= 4 is 17.9 Å². The van der Waals surface area contributed by atoms with Crippen molar-refractivity contribution in [3.8, 4) is 11.5 Å². The number of ether oxygens (including phenoxy) is 3. The first kappa shape index (κ1) is 34.6. The fourth-order valence-electron chi connectivity index (χ4n) is 5.37. The molecule has 4 aromatic rings. The van der Waals surface area contributed by atoms with Gasteiger partial charge >= 0.3 is 6.09 Å². The van der Waals surface area contributed by atoms with E-state index in [0.29, 0.717) is 17.9 Å². The maximum absolute atomic E-state index is 14.1. The first-order valence-corrected chi connectivity index (χ1v) is 15.5. The summed E-state index contributed by atoms with van der Waals surface area (Å²) in [6, 6.07) is 33.3. The van der Waals surface area contributed by atoms with Gasteiger partial charge < -0.3 is 30.2 Å². The van der Waals surface area contributed by atoms with Crippen molar-refractivity contribution in [2.45, 2.75) is 50.8 Å². The molecule has 0 aliphatic rings. The molecule has 0 fully saturated rings. The number of amides is 3. The minimum absolute atomic E-state index is 0.254. The second kappa shape index (κ2) is 15.8. The summed E-state index contributed by atoms with van der Waals surface area (Å²) in [6.07, 6.45) is -0.655. The number of benzene rings is 4. The molecule has 9 nitrogen and oxygen atoms in total. The minimum Gasteiger partial charge on any atom is -0.493 e. The summed E-state index contributed by atoms with van der Waals surface area (Å²) >= 11 is 0. The van der Waals surface area contributed by atoms with Crippen molar-refractivity contribution in [2.75, 3.05) is 20.8 Å². The van der Waals surface area contributed by atoms with Crippen LogP contribution < -0.4 is 25.4 Å². The topological polar surface area (TPSA) is 115 Å². The molecule has 0 radical (unpaired) electrons. The van der Waals surface area contributed by atoms with Crippen LogP contribution in [0.3, 0.4) is 0 Å². The molecule has 9 heteroatoms. The van der Waals surface area contributed by atoms with Crippen LogP contribution in [0, 0.1) is 0 Å². The van der Waals surface area contributed by atoms with Crippen molar-refractivity contribution in [2.24, 2.45) is 0 Å². The van der Waals surface area contributed by atoms with E-state index in [0.717, 1.165) is 22.3 Å². The van der Waals surface area contributed by atoms with Gasteiger partial charge in [0.1, 0.15) is 17.2 Å². The second-order valence-corrected chi connectivity index (χ2v) is 12.0. The number of hydrogen-bond donors (Lipinski definition) is 3. The molecule has 0 saturated heterocycles. The maximum atomic E-state index is 14.1. The van der Waals surface area contributed by atoms with Gasteiger partial charge in [-0.05, 0) is 61.6 Å². The van der Waals surface area contributed by atoms with Gasteiger partial charge in [0.25, 0.3) is 0 Å². The molecule has 1 atom stereocenters. The highest BCUT2D eigenvalue weighted by molar-refractivity contribution is 5.91. The molecule has 0 bridgehead atoms. The van der Waals surface area contributed by atoms with Crippen molar-refractivity contribution < 1.29 is 28.6 Å². The summed E-state index contributed by atoms with van der Waals surface area (Å²) in [7, 11) is 3.12. The number of carbonyl (C=O) groups excluding carboxylic acids is 3. The van der Waals surface area contributed by atoms with E-state index >= 15 is 0 Å². The summed E-state index contributed by atoms with van der Waals surface area (Å²) in [6.45, 7) is 5.44. The lowest BCUT2D eigenvalue weighted by molar-refractivity contribution is -0.129. The Labute approximate surface area is 276 Å². The van der Waals surface area contributed by atoms with Gasteiger partial charge in [0.2, 0.25) is 11.8 Å². The molecule has 0 saturated carbocycles. The van der Waals surface area contributed by atoms with Crippen LogP contribution in [-0.4, -0.2) is 50.3 Å². The number of carbonyl (C=O) groups is 3. The summed E-state index contributed by atoms with van der Waals surface area (Å²) in [5.74, 6) is 0.218. The van der Waals surface area contributed by atoms with Crippen LogP contribution in [0.15, 0.2) is 109 Å². The van der Waals surface area contributed by atoms with Gasteiger partial charge in [0, 0.05) is 6.54 Å². The van der Waals surface area contributed by atoms with Crippen LogP contribution in [0.1, 0.15) is 49.4 Å². The monoisotopic (exact) mass is 637 g/mol. The highest BCUT2D eigenvalue weighted by Gasteiger charge is 2.39. The van der Waals surface area contributed by atoms with E-state index in [2.05, 4.69) is 16.0 Å². The van der Waals surface area contributed by atoms with Crippen LogP contribution in [-0.2, 0) is 26.3 Å². The van der Waals surface area contributed by atoms with Gasteiger partial charge in [-0.2, -0.15) is 0 Å². The van der Waals surface area contributed by atoms with E-state index in [1.165, 1.54) is 0 Å². The van der Waals surface area contributed by atoms with Gasteiger partial charge in [-0.25, -0.2) is 4.79 Å². The predicted octanol–water partition coefficient (Wildman–Crippen LogP) is 5.75. The van der Waals surface area contributed by atoms with Crippen LogP contribution in [0.4, 0.5) is 4.79 Å². The summed E-state index contributed by atoms with van der Waals surface area (Å²) < 4.78 is 16.1. The van der Waals surface area contributed by atoms with Crippen molar-refractivity contribution in [1.82, 2.24) is 16.0 Å². The van der Waals surface area contributed by atoms with E-state index in [4.69, 9.17) is 14.2 Å². The molecule has 4 rings (SSSR count). The van der Waals surface area contributed by atoms with Gasteiger partial charge in [0.15, 0.2) is 11.5 Å². The third-order valence-corrected chi connectivity index (χ3v) is 7.51. The zero-order chi connectivity index (χ0) is 33.9. The fraction of sp³-hybridized carbons (Fsp3) is 0.289. The largest absolute Gasteiger partial charge is 0.493 e. The molecule has 47 heavy (non-hydrogen) atoms. The summed E-state index contributed by atoms with van der Waals surface area (Å²) in [4.78, 5) is 40.5. The Bertz CT molecular complexity index is 1530. The van der Waals surface area contributed by atoms with Gasteiger partial charge in [-0.1, -0.05) is 97.1 Å². The second-order valence-electron chi connectivity index (χ2n) is 12.0. The Morgan fingerprint density at radius 2 is 1.21 bits per heavy atom. The average Bonchev–Trinajstić information content (AvgIpc) is 3.07. The van der Waals surface area contributed by atoms with E-state index in [1.807, 2.05) is 103 Å². The lowest BCUT2D eigenvalue weighted by Gasteiger charge is -2.37. The summed E-state index contributed by atoms with van der Waals surface area (Å²) in [5, 5.41) is 8.74. The maximum Gasteiger partial charge on any atom is 0.408 e. The Balaban J connectivity index is 1.60. The molecule has 3 amide bonds. The van der Waals surface area contributed by atoms with Crippen LogP contribution in [0.5, 0.6) is 11.5 Å². The SMILES string of the molecule is COc1ccc(CCNC(=O)C(CC(=O)NC(c2ccccc2)(c2ccccc2)c2ccccc2)NC(=O)OC(C)(C)C)cc1OC. The average molecular weight is 638 g/mol. The van der Waals surface area contributed by atoms with Gasteiger partial charge in [0.05, 0.1) is 20.6 Å². The third-order valence-electron chi connectivity index (χ3n) is 7.51. The third kappa shape index (κ3) is 9.13. The Morgan fingerprint density at radius 1 is 0.702 bits per heavy atom. The molecule has 0 aliphatic carbocycles. The van der Waals surface area contributed by atoms with Gasteiger partial charge in [-0.3, -0.25) is 9.59 Å². The lowest BCUT2D eigenvalue weighted by Crippen LogP contribution is -2.53. The van der Waals surface area contributed by atoms with Crippen LogP contribution in [0.25, 0.3) is 0 Å². The van der Waals surface area contributed by atoms with Crippen molar-refractivity contribution in [3.63, 3.8) is 0 Å². The fourth-order valence-corrected chi connectivity index (χ4v) is 5.37. The summed E-state index contributed by atoms with van der Waals surface area (Å²) in [5.41, 5.74) is 1.53. The van der Waals surface area contributed by atoms with E-state index < -0.39 is 35.1 Å². The van der Waals surface area contributed by atoms with Crippen LogP contribution >= 0.6 is 0 Å². The first-order chi connectivity index (χ1) is 22.6. The van der Waals surface area contributed by atoms with Crippen molar-refractivity contribution in [1.29, 1.82) is 0 Å². The van der Waals surface area contributed by atoms with E-state index in [-0.39, 0.29) is 13.0 Å². The standard InChI is InChI=1S/C38H43N3O6/c1-37(2,3)47-36(44)40-31(35(43)39-24-23-27-21-22-32(45-4)33(25-27)46-5)26-34(42)41-38(28-15-9-6-10-16-28,29-17-11-7-12-18-29)30-19-13-8-14-20-30/h6-22,25,31H,23-24,26H2,1-5H3,(H,39,43)(H,40,44)(H,41,42). The number of methoxy groups -OCH3 is 2. The molecule has 0 heterocycles. The number of rotatable bonds is 13. The molecule has 0 aliphatic heterocycles. The molecule has 4 aromatic carbocycles. The molecular weight excluding hydrogens is 594 g/mol. The number of nitrogens with one attached hydrogen (secondary N) is 3. The zero-order valence-corrected chi connectivity index (χ0v) is 27.5. The van der Waals surface area contributed by atoms with E-state index in [9.17, 15) is 14.4 Å². The van der Waals surface area contributed by atoms with E-state index in [1.54, 1.807) is 41.1 Å². The Hall–Kier alpha value is -5.31. The Kier molecular flexibility index (Phi) is 11.6. The molecule has 0 aromatic heterocycles. The predicted molar refractivity (Wildman–Crippen MR) is 181 cm³/mol. The first-order valence-electron chi connectivity index (χ1n) is 15.5. The molecule has 246 valence electrons. The zero-order valence-electron chi connectivity index (χ0n) is 27.5. The number of alkyl carbamates (subject to hydrolysis) is 1. The molecule has 0 spiro atoms. The van der Waals surface area contributed by atoms with Gasteiger partial charge in [-0.15, -0.1) is 0 Å². The highest BCUT2D eigenvalue weighted by atomic mass is 16.6. The normalized spacial score (nSPS) is 11.9. The van der Waals surface area contributed by atoms with Crippen LogP contribution in [0.2, 0.25) is 0 Å². The Morgan fingerprint density at radius 3 is 1.68 bits per heavy atom. The van der Waals surface area contributed by atoms with Crippen molar-refractivity contribution in [3.05, 3.63) is 131 Å². The molecule has 1 unspecified atom stereocenters. The highest BCUT2D eigenvalue weighted by Crippen LogP contribution is 2.37. The molecule has 3 N–H and O–H groups in total. The lowest BCUT2D eigenvalue weighted by atomic mass is 9.77.